The Morgan fingerprint density at radius 2 is 1.83 bits per heavy atom. The molecular formula is C23H33NO6. The predicted molar refractivity (Wildman–Crippen MR) is 111 cm³/mol. The molecule has 3 atom stereocenters. The maximum absolute atomic E-state index is 13.2. The van der Waals surface area contributed by atoms with Crippen LogP contribution in [0.1, 0.15) is 59.4 Å². The van der Waals surface area contributed by atoms with Crippen molar-refractivity contribution in [2.45, 2.75) is 72.1 Å². The van der Waals surface area contributed by atoms with E-state index < -0.39 is 35.0 Å². The van der Waals surface area contributed by atoms with E-state index in [4.69, 9.17) is 14.2 Å². The lowest BCUT2D eigenvalue weighted by Crippen LogP contribution is -2.44. The first kappa shape index (κ1) is 23.7. The predicted octanol–water partition coefficient (Wildman–Crippen LogP) is 3.99. The topological polar surface area (TPSA) is 90.9 Å². The highest BCUT2D eigenvalue weighted by molar-refractivity contribution is 5.86. The van der Waals surface area contributed by atoms with Crippen LogP contribution in [0.5, 0.6) is 0 Å². The van der Waals surface area contributed by atoms with Crippen molar-refractivity contribution in [1.29, 1.82) is 0 Å². The summed E-state index contributed by atoms with van der Waals surface area (Å²) in [6, 6.07) is 9.08. The lowest BCUT2D eigenvalue weighted by atomic mass is 9.74. The van der Waals surface area contributed by atoms with E-state index >= 15 is 0 Å². The number of alkyl carbamates (subject to hydrolysis) is 1. The van der Waals surface area contributed by atoms with E-state index in [-0.39, 0.29) is 19.3 Å². The number of nitrogens with one attached hydrogen (secondary N) is 1. The molecule has 1 aromatic carbocycles. The molecule has 0 radical (unpaired) electrons. The molecule has 1 saturated carbocycles. The van der Waals surface area contributed by atoms with Crippen molar-refractivity contribution < 1.29 is 28.6 Å². The fraction of sp³-hybridized carbons (Fsp3) is 0.609. The molecule has 1 fully saturated rings. The fourth-order valence-corrected chi connectivity index (χ4v) is 3.79. The van der Waals surface area contributed by atoms with E-state index in [1.54, 1.807) is 34.6 Å². The van der Waals surface area contributed by atoms with Crippen LogP contribution in [0, 0.1) is 11.3 Å². The molecule has 0 spiro atoms. The van der Waals surface area contributed by atoms with Gasteiger partial charge in [0, 0.05) is 6.04 Å². The van der Waals surface area contributed by atoms with Crippen LogP contribution < -0.4 is 5.32 Å². The third kappa shape index (κ3) is 6.21. The van der Waals surface area contributed by atoms with Gasteiger partial charge in [-0.3, -0.25) is 9.59 Å². The average Bonchev–Trinajstić information content (AvgIpc) is 3.09. The molecule has 0 aliphatic heterocycles. The molecule has 7 nitrogen and oxygen atoms in total. The van der Waals surface area contributed by atoms with Gasteiger partial charge in [-0.1, -0.05) is 37.3 Å². The minimum Gasteiger partial charge on any atom is -0.466 e. The minimum absolute atomic E-state index is 0.126. The summed E-state index contributed by atoms with van der Waals surface area (Å²) in [5.74, 6) is -1.57. The highest BCUT2D eigenvalue weighted by atomic mass is 16.6. The molecular weight excluding hydrogens is 386 g/mol. The summed E-state index contributed by atoms with van der Waals surface area (Å²) in [6.07, 6.45) is 0.717. The first-order chi connectivity index (χ1) is 14.1. The van der Waals surface area contributed by atoms with Crippen molar-refractivity contribution in [2.75, 3.05) is 6.61 Å². The SMILES string of the molecule is CCOC(=O)C(C)[C@]1(C(=O)OCc2ccccc2)CC[C@@H](NC(=O)OC(C)(C)C)C1. The van der Waals surface area contributed by atoms with Crippen LogP contribution in [-0.2, 0) is 30.4 Å². The number of hydrogen-bond acceptors (Lipinski definition) is 6. The van der Waals surface area contributed by atoms with E-state index in [1.165, 1.54) is 0 Å². The molecule has 0 heterocycles. The van der Waals surface area contributed by atoms with Crippen LogP contribution in [-0.4, -0.2) is 36.3 Å². The molecule has 0 saturated heterocycles. The second kappa shape index (κ2) is 9.96. The number of amides is 1. The zero-order valence-corrected chi connectivity index (χ0v) is 18.5. The van der Waals surface area contributed by atoms with Crippen molar-refractivity contribution in [2.24, 2.45) is 11.3 Å². The van der Waals surface area contributed by atoms with Crippen LogP contribution >= 0.6 is 0 Å². The molecule has 1 amide bonds. The molecule has 1 unspecified atom stereocenters. The summed E-state index contributed by atoms with van der Waals surface area (Å²) in [4.78, 5) is 37.8. The number of carbonyl (C=O) groups excluding carboxylic acids is 3. The van der Waals surface area contributed by atoms with E-state index in [0.717, 1.165) is 5.56 Å². The normalized spacial score (nSPS) is 22.1. The lowest BCUT2D eigenvalue weighted by molar-refractivity contribution is -0.169. The molecule has 2 rings (SSSR count). The lowest BCUT2D eigenvalue weighted by Gasteiger charge is -2.32. The zero-order valence-electron chi connectivity index (χ0n) is 18.5. The smallest absolute Gasteiger partial charge is 0.407 e. The molecule has 1 aromatic rings. The van der Waals surface area contributed by atoms with Gasteiger partial charge in [-0.05, 0) is 52.5 Å². The second-order valence-electron chi connectivity index (χ2n) is 8.78. The van der Waals surface area contributed by atoms with Gasteiger partial charge in [0.25, 0.3) is 0 Å². The molecule has 1 N–H and O–H groups in total. The standard InChI is InChI=1S/C23H33NO6/c1-6-28-19(25)16(2)23(20(26)29-15-17-10-8-7-9-11-17)13-12-18(14-23)24-21(27)30-22(3,4)5/h7-11,16,18H,6,12-15H2,1-5H3,(H,24,27)/t16?,18-,23+/m1/s1. The van der Waals surface area contributed by atoms with Gasteiger partial charge in [-0.2, -0.15) is 0 Å². The molecule has 166 valence electrons. The first-order valence-corrected chi connectivity index (χ1v) is 10.4. The highest BCUT2D eigenvalue weighted by Crippen LogP contribution is 2.46. The number of carbonyl (C=O) groups is 3. The van der Waals surface area contributed by atoms with Crippen LogP contribution in [0.3, 0.4) is 0 Å². The van der Waals surface area contributed by atoms with Gasteiger partial charge in [0.2, 0.25) is 0 Å². The molecule has 7 heteroatoms. The summed E-state index contributed by atoms with van der Waals surface area (Å²) >= 11 is 0. The molecule has 1 aliphatic carbocycles. The number of benzene rings is 1. The van der Waals surface area contributed by atoms with Gasteiger partial charge < -0.3 is 19.5 Å². The van der Waals surface area contributed by atoms with Crippen LogP contribution in [0.15, 0.2) is 30.3 Å². The first-order valence-electron chi connectivity index (χ1n) is 10.4. The van der Waals surface area contributed by atoms with Gasteiger partial charge >= 0.3 is 18.0 Å². The summed E-state index contributed by atoms with van der Waals surface area (Å²) in [5, 5.41) is 2.82. The molecule has 30 heavy (non-hydrogen) atoms. The number of rotatable bonds is 7. The Balaban J connectivity index is 2.13. The molecule has 0 bridgehead atoms. The third-order valence-corrected chi connectivity index (χ3v) is 5.36. The van der Waals surface area contributed by atoms with Gasteiger partial charge in [-0.15, -0.1) is 0 Å². The Morgan fingerprint density at radius 1 is 1.17 bits per heavy atom. The van der Waals surface area contributed by atoms with Crippen molar-refractivity contribution in [3.05, 3.63) is 35.9 Å². The van der Waals surface area contributed by atoms with E-state index in [9.17, 15) is 14.4 Å². The minimum atomic E-state index is -1.05. The Morgan fingerprint density at radius 3 is 2.43 bits per heavy atom. The maximum Gasteiger partial charge on any atom is 0.407 e. The van der Waals surface area contributed by atoms with Gasteiger partial charge in [0.15, 0.2) is 0 Å². The quantitative estimate of drug-likeness (QED) is 0.531. The Bertz CT molecular complexity index is 742. The van der Waals surface area contributed by atoms with Crippen molar-refractivity contribution in [1.82, 2.24) is 5.32 Å². The molecule has 1 aliphatic rings. The van der Waals surface area contributed by atoms with E-state index in [0.29, 0.717) is 19.3 Å². The summed E-state index contributed by atoms with van der Waals surface area (Å²) in [7, 11) is 0. The zero-order chi connectivity index (χ0) is 22.4. The van der Waals surface area contributed by atoms with E-state index in [2.05, 4.69) is 5.32 Å². The summed E-state index contributed by atoms with van der Waals surface area (Å²) < 4.78 is 16.1. The Labute approximate surface area is 178 Å². The number of esters is 2. The number of ether oxygens (including phenoxy) is 3. The largest absolute Gasteiger partial charge is 0.466 e. The van der Waals surface area contributed by atoms with Crippen molar-refractivity contribution in [3.63, 3.8) is 0 Å². The van der Waals surface area contributed by atoms with Gasteiger partial charge in [0.1, 0.15) is 12.2 Å². The van der Waals surface area contributed by atoms with Crippen LogP contribution in [0.4, 0.5) is 4.79 Å². The van der Waals surface area contributed by atoms with Gasteiger partial charge in [0.05, 0.1) is 17.9 Å². The van der Waals surface area contributed by atoms with E-state index in [1.807, 2.05) is 30.3 Å². The Kier molecular flexibility index (Phi) is 7.87. The maximum atomic E-state index is 13.2. The fourth-order valence-electron chi connectivity index (χ4n) is 3.79. The third-order valence-electron chi connectivity index (χ3n) is 5.36. The molecule has 0 aromatic heterocycles. The van der Waals surface area contributed by atoms with Crippen LogP contribution in [0.25, 0.3) is 0 Å². The second-order valence-corrected chi connectivity index (χ2v) is 8.78. The monoisotopic (exact) mass is 419 g/mol. The van der Waals surface area contributed by atoms with Crippen LogP contribution in [0.2, 0.25) is 0 Å². The summed E-state index contributed by atoms with van der Waals surface area (Å²) in [6.45, 7) is 9.14. The summed E-state index contributed by atoms with van der Waals surface area (Å²) in [5.41, 5.74) is -0.806. The number of hydrogen-bond donors (Lipinski definition) is 1. The van der Waals surface area contributed by atoms with Gasteiger partial charge in [-0.25, -0.2) is 4.79 Å². The highest BCUT2D eigenvalue weighted by Gasteiger charge is 2.53. The van der Waals surface area contributed by atoms with Crippen molar-refractivity contribution in [3.8, 4) is 0 Å². The Hall–Kier alpha value is -2.57. The average molecular weight is 420 g/mol. The van der Waals surface area contributed by atoms with Crippen molar-refractivity contribution >= 4 is 18.0 Å².